The summed E-state index contributed by atoms with van der Waals surface area (Å²) >= 11 is 0. The molecule has 22 heavy (non-hydrogen) atoms. The van der Waals surface area contributed by atoms with Crippen LogP contribution >= 0.6 is 0 Å². The van der Waals surface area contributed by atoms with Crippen LogP contribution in [0.15, 0.2) is 47.8 Å². The lowest BCUT2D eigenvalue weighted by Crippen LogP contribution is -2.23. The van der Waals surface area contributed by atoms with E-state index >= 15 is 0 Å². The Labute approximate surface area is 129 Å². The van der Waals surface area contributed by atoms with E-state index in [-0.39, 0.29) is 23.0 Å². The number of amides is 1. The number of hydrogen-bond acceptors (Lipinski definition) is 5. The van der Waals surface area contributed by atoms with Crippen LogP contribution in [0.5, 0.6) is 0 Å². The monoisotopic (exact) mass is 319 g/mol. The van der Waals surface area contributed by atoms with Crippen molar-refractivity contribution < 1.29 is 13.2 Å². The van der Waals surface area contributed by atoms with Gasteiger partial charge in [0.1, 0.15) is 5.69 Å². The molecule has 0 saturated heterocycles. The van der Waals surface area contributed by atoms with Crippen molar-refractivity contribution in [2.75, 3.05) is 0 Å². The fourth-order valence-corrected chi connectivity index (χ4v) is 2.82. The zero-order valence-electron chi connectivity index (χ0n) is 12.4. The number of nitrogens with one attached hydrogen (secondary N) is 1. The van der Waals surface area contributed by atoms with E-state index in [2.05, 4.69) is 15.3 Å². The molecule has 0 atom stereocenters. The smallest absolute Gasteiger partial charge is 0.271 e. The number of hydrogen-bond donors (Lipinski definition) is 1. The molecule has 6 nitrogen and oxygen atoms in total. The minimum atomic E-state index is -3.27. The molecule has 0 saturated carbocycles. The van der Waals surface area contributed by atoms with Crippen LogP contribution in [-0.4, -0.2) is 29.5 Å². The van der Waals surface area contributed by atoms with Crippen LogP contribution in [0.2, 0.25) is 0 Å². The van der Waals surface area contributed by atoms with Gasteiger partial charge < -0.3 is 5.32 Å². The van der Waals surface area contributed by atoms with Crippen molar-refractivity contribution in [1.29, 1.82) is 0 Å². The standard InChI is InChI=1S/C15H17N3O3S/c1-11(2)22(20,21)13-5-3-12(4-6-13)9-18-15(19)14-10-16-7-8-17-14/h3-8,10-11H,9H2,1-2H3,(H,18,19). The minimum absolute atomic E-state index is 0.238. The Balaban J connectivity index is 2.02. The molecule has 1 heterocycles. The molecule has 0 aliphatic rings. The van der Waals surface area contributed by atoms with Gasteiger partial charge in [-0.25, -0.2) is 13.4 Å². The maximum atomic E-state index is 12.0. The van der Waals surface area contributed by atoms with E-state index in [1.807, 2.05) is 0 Å². The summed E-state index contributed by atoms with van der Waals surface area (Å²) < 4.78 is 24.0. The predicted molar refractivity (Wildman–Crippen MR) is 82.0 cm³/mol. The normalized spacial score (nSPS) is 11.4. The Morgan fingerprint density at radius 2 is 1.86 bits per heavy atom. The Kier molecular flexibility index (Phi) is 4.87. The van der Waals surface area contributed by atoms with Gasteiger partial charge in [0, 0.05) is 18.9 Å². The molecule has 0 aliphatic heterocycles. The molecule has 7 heteroatoms. The van der Waals surface area contributed by atoms with Crippen LogP contribution in [-0.2, 0) is 16.4 Å². The molecule has 2 rings (SSSR count). The Bertz CT molecular complexity index is 741. The molecule has 1 N–H and O–H groups in total. The van der Waals surface area contributed by atoms with Crippen molar-refractivity contribution in [1.82, 2.24) is 15.3 Å². The number of carbonyl (C=O) groups is 1. The molecule has 1 aromatic carbocycles. The summed E-state index contributed by atoms with van der Waals surface area (Å²) in [5.74, 6) is -0.327. The highest BCUT2D eigenvalue weighted by molar-refractivity contribution is 7.92. The third-order valence-corrected chi connectivity index (χ3v) is 5.29. The third-order valence-electron chi connectivity index (χ3n) is 3.12. The maximum Gasteiger partial charge on any atom is 0.271 e. The topological polar surface area (TPSA) is 89.0 Å². The summed E-state index contributed by atoms with van der Waals surface area (Å²) in [5, 5.41) is 2.24. The number of nitrogens with zero attached hydrogens (tertiary/aromatic N) is 2. The van der Waals surface area contributed by atoms with Gasteiger partial charge >= 0.3 is 0 Å². The lowest BCUT2D eigenvalue weighted by Gasteiger charge is -2.09. The summed E-state index contributed by atoms with van der Waals surface area (Å²) in [6.07, 6.45) is 4.32. The van der Waals surface area contributed by atoms with E-state index in [0.717, 1.165) is 5.56 Å². The van der Waals surface area contributed by atoms with Gasteiger partial charge in [-0.15, -0.1) is 0 Å². The van der Waals surface area contributed by atoms with Crippen LogP contribution in [0.4, 0.5) is 0 Å². The first kappa shape index (κ1) is 16.1. The predicted octanol–water partition coefficient (Wildman–Crippen LogP) is 1.59. The van der Waals surface area contributed by atoms with E-state index in [4.69, 9.17) is 0 Å². The minimum Gasteiger partial charge on any atom is -0.347 e. The molecule has 0 unspecified atom stereocenters. The summed E-state index contributed by atoms with van der Waals surface area (Å²) in [4.78, 5) is 19.8. The van der Waals surface area contributed by atoms with Gasteiger partial charge in [0.25, 0.3) is 5.91 Å². The van der Waals surface area contributed by atoms with Crippen LogP contribution in [0.1, 0.15) is 29.9 Å². The second kappa shape index (κ2) is 6.65. The Morgan fingerprint density at radius 3 is 2.41 bits per heavy atom. The number of rotatable bonds is 5. The van der Waals surface area contributed by atoms with E-state index in [1.54, 1.807) is 38.1 Å². The molecular weight excluding hydrogens is 302 g/mol. The van der Waals surface area contributed by atoms with Crippen LogP contribution in [0.3, 0.4) is 0 Å². The fourth-order valence-electron chi connectivity index (χ4n) is 1.76. The number of sulfone groups is 1. The first-order valence-corrected chi connectivity index (χ1v) is 8.33. The molecule has 2 aromatic rings. The quantitative estimate of drug-likeness (QED) is 0.904. The molecule has 0 bridgehead atoms. The van der Waals surface area contributed by atoms with E-state index < -0.39 is 15.1 Å². The van der Waals surface area contributed by atoms with Gasteiger partial charge in [0.15, 0.2) is 9.84 Å². The number of benzene rings is 1. The zero-order chi connectivity index (χ0) is 16.2. The Morgan fingerprint density at radius 1 is 1.18 bits per heavy atom. The fraction of sp³-hybridized carbons (Fsp3) is 0.267. The molecular formula is C15H17N3O3S. The van der Waals surface area contributed by atoms with Crippen molar-refractivity contribution in [2.24, 2.45) is 0 Å². The number of carbonyl (C=O) groups excluding carboxylic acids is 1. The molecule has 0 spiro atoms. The van der Waals surface area contributed by atoms with Gasteiger partial charge in [0.2, 0.25) is 0 Å². The van der Waals surface area contributed by atoms with Crippen molar-refractivity contribution in [3.63, 3.8) is 0 Å². The largest absolute Gasteiger partial charge is 0.347 e. The lowest BCUT2D eigenvalue weighted by molar-refractivity contribution is 0.0945. The van der Waals surface area contributed by atoms with Gasteiger partial charge in [-0.2, -0.15) is 0 Å². The van der Waals surface area contributed by atoms with E-state index in [9.17, 15) is 13.2 Å². The average molecular weight is 319 g/mol. The first-order chi connectivity index (χ1) is 10.4. The summed E-state index contributed by atoms with van der Waals surface area (Å²) in [5.41, 5.74) is 1.04. The highest BCUT2D eigenvalue weighted by Crippen LogP contribution is 2.16. The molecule has 1 aromatic heterocycles. The third kappa shape index (κ3) is 3.67. The second-order valence-electron chi connectivity index (χ2n) is 5.01. The van der Waals surface area contributed by atoms with Crippen molar-refractivity contribution >= 4 is 15.7 Å². The molecule has 116 valence electrons. The van der Waals surface area contributed by atoms with Crippen LogP contribution < -0.4 is 5.32 Å². The van der Waals surface area contributed by atoms with E-state index in [1.165, 1.54) is 18.6 Å². The van der Waals surface area contributed by atoms with Gasteiger partial charge in [-0.1, -0.05) is 12.1 Å². The lowest BCUT2D eigenvalue weighted by atomic mass is 10.2. The summed E-state index contributed by atoms with van der Waals surface area (Å²) in [6, 6.07) is 6.48. The van der Waals surface area contributed by atoms with Crippen molar-refractivity contribution in [3.05, 3.63) is 54.1 Å². The van der Waals surface area contributed by atoms with Gasteiger partial charge in [-0.05, 0) is 31.5 Å². The van der Waals surface area contributed by atoms with Crippen LogP contribution in [0.25, 0.3) is 0 Å². The molecule has 1 amide bonds. The summed E-state index contributed by atoms with van der Waals surface area (Å²) in [7, 11) is -3.27. The highest BCUT2D eigenvalue weighted by atomic mass is 32.2. The molecule has 0 fully saturated rings. The maximum absolute atomic E-state index is 12.0. The highest BCUT2D eigenvalue weighted by Gasteiger charge is 2.18. The Hall–Kier alpha value is -2.28. The van der Waals surface area contributed by atoms with Crippen LogP contribution in [0, 0.1) is 0 Å². The molecule has 0 radical (unpaired) electrons. The van der Waals surface area contributed by atoms with Gasteiger partial charge in [0.05, 0.1) is 16.3 Å². The van der Waals surface area contributed by atoms with E-state index in [0.29, 0.717) is 0 Å². The SMILES string of the molecule is CC(C)S(=O)(=O)c1ccc(CNC(=O)c2cnccn2)cc1. The first-order valence-electron chi connectivity index (χ1n) is 6.78. The van der Waals surface area contributed by atoms with Crippen molar-refractivity contribution in [2.45, 2.75) is 30.5 Å². The van der Waals surface area contributed by atoms with Gasteiger partial charge in [-0.3, -0.25) is 9.78 Å². The average Bonchev–Trinajstić information content (AvgIpc) is 2.53. The zero-order valence-corrected chi connectivity index (χ0v) is 13.2. The van der Waals surface area contributed by atoms with Crippen molar-refractivity contribution in [3.8, 4) is 0 Å². The second-order valence-corrected chi connectivity index (χ2v) is 7.52. The number of aromatic nitrogens is 2. The summed E-state index contributed by atoms with van der Waals surface area (Å²) in [6.45, 7) is 3.58. The molecule has 0 aliphatic carbocycles.